The minimum Gasteiger partial charge on any atom is -0.398 e. The van der Waals surface area contributed by atoms with Crippen LogP contribution in [-0.2, 0) is 17.3 Å². The first kappa shape index (κ1) is 14.1. The molecule has 19 heavy (non-hydrogen) atoms. The molecule has 6 nitrogen and oxygen atoms in total. The highest BCUT2D eigenvalue weighted by atomic mass is 79.9. The van der Waals surface area contributed by atoms with Gasteiger partial charge in [-0.2, -0.15) is 0 Å². The Kier molecular flexibility index (Phi) is 4.31. The second kappa shape index (κ2) is 5.79. The lowest BCUT2D eigenvalue weighted by Gasteiger charge is -2.09. The van der Waals surface area contributed by atoms with Gasteiger partial charge in [0.2, 0.25) is 0 Å². The van der Waals surface area contributed by atoms with E-state index in [1.807, 2.05) is 19.1 Å². The van der Waals surface area contributed by atoms with Gasteiger partial charge in [0.05, 0.1) is 6.54 Å². The molecular formula is C11H14BrN5OS. The number of nitrogens with zero attached hydrogens (tertiary/aromatic N) is 4. The van der Waals surface area contributed by atoms with E-state index in [1.165, 1.54) is 0 Å². The minimum atomic E-state index is -0.879. The monoisotopic (exact) mass is 343 g/mol. The number of aryl methyl sites for hydroxylation is 1. The molecule has 0 bridgehead atoms. The van der Waals surface area contributed by atoms with Crippen molar-refractivity contribution in [2.45, 2.75) is 13.5 Å². The average Bonchev–Trinajstić information content (AvgIpc) is 2.79. The molecule has 0 aliphatic carbocycles. The summed E-state index contributed by atoms with van der Waals surface area (Å²) >= 11 is 3.41. The molecule has 102 valence electrons. The van der Waals surface area contributed by atoms with Gasteiger partial charge in [0.25, 0.3) is 0 Å². The molecule has 2 aromatic rings. The Morgan fingerprint density at radius 1 is 1.47 bits per heavy atom. The fraction of sp³-hybridized carbons (Fsp3) is 0.364. The molecule has 1 aromatic carbocycles. The number of aromatic nitrogens is 4. The van der Waals surface area contributed by atoms with E-state index in [4.69, 9.17) is 5.73 Å². The van der Waals surface area contributed by atoms with Gasteiger partial charge >= 0.3 is 0 Å². The Morgan fingerprint density at radius 3 is 2.89 bits per heavy atom. The summed E-state index contributed by atoms with van der Waals surface area (Å²) in [6.45, 7) is 2.44. The lowest BCUT2D eigenvalue weighted by Crippen LogP contribution is -2.10. The van der Waals surface area contributed by atoms with Crippen LogP contribution in [0.4, 0.5) is 5.69 Å². The first-order valence-corrected chi connectivity index (χ1v) is 8.13. The van der Waals surface area contributed by atoms with E-state index in [0.29, 0.717) is 23.8 Å². The third-order valence-corrected chi connectivity index (χ3v) is 3.99. The van der Waals surface area contributed by atoms with Gasteiger partial charge in [-0.15, -0.1) is 5.10 Å². The van der Waals surface area contributed by atoms with Crippen molar-refractivity contribution >= 4 is 32.4 Å². The highest BCUT2D eigenvalue weighted by Gasteiger charge is 2.14. The number of anilines is 1. The summed E-state index contributed by atoms with van der Waals surface area (Å²) in [5, 5.41) is 11.6. The van der Waals surface area contributed by atoms with Crippen LogP contribution < -0.4 is 5.73 Å². The molecule has 0 fully saturated rings. The number of benzene rings is 1. The Bertz CT molecular complexity index is 628. The molecule has 2 rings (SSSR count). The molecule has 0 amide bonds. The summed E-state index contributed by atoms with van der Waals surface area (Å²) in [5.41, 5.74) is 8.42. The lowest BCUT2D eigenvalue weighted by molar-refractivity contribution is 0.625. The van der Waals surface area contributed by atoms with E-state index < -0.39 is 10.8 Å². The van der Waals surface area contributed by atoms with Crippen LogP contribution in [0.5, 0.6) is 0 Å². The molecule has 1 atom stereocenters. The predicted molar refractivity (Wildman–Crippen MR) is 79.0 cm³/mol. The van der Waals surface area contributed by atoms with E-state index >= 15 is 0 Å². The van der Waals surface area contributed by atoms with Gasteiger partial charge in [-0.3, -0.25) is 4.21 Å². The highest BCUT2D eigenvalue weighted by Crippen LogP contribution is 2.29. The van der Waals surface area contributed by atoms with Gasteiger partial charge in [0.15, 0.2) is 5.82 Å². The first-order valence-electron chi connectivity index (χ1n) is 5.61. The van der Waals surface area contributed by atoms with E-state index in [2.05, 4.69) is 31.5 Å². The fourth-order valence-electron chi connectivity index (χ4n) is 1.70. The predicted octanol–water partition coefficient (Wildman–Crippen LogP) is 1.37. The summed E-state index contributed by atoms with van der Waals surface area (Å²) in [6.07, 6.45) is 1.66. The average molecular weight is 344 g/mol. The molecular weight excluding hydrogens is 330 g/mol. The molecule has 1 aromatic heterocycles. The van der Waals surface area contributed by atoms with Crippen molar-refractivity contribution in [1.82, 2.24) is 20.2 Å². The number of hydrogen-bond acceptors (Lipinski definition) is 5. The lowest BCUT2D eigenvalue weighted by atomic mass is 10.1. The van der Waals surface area contributed by atoms with E-state index in [9.17, 15) is 4.21 Å². The maximum absolute atomic E-state index is 11.2. The molecule has 0 aliphatic rings. The quantitative estimate of drug-likeness (QED) is 0.847. The topological polar surface area (TPSA) is 86.7 Å². The molecule has 1 heterocycles. The minimum absolute atomic E-state index is 0.511. The van der Waals surface area contributed by atoms with Crippen molar-refractivity contribution in [2.24, 2.45) is 0 Å². The third-order valence-electron chi connectivity index (χ3n) is 2.78. The summed E-state index contributed by atoms with van der Waals surface area (Å²) in [5.74, 6) is 1.15. The van der Waals surface area contributed by atoms with Crippen LogP contribution in [0.2, 0.25) is 0 Å². The summed E-state index contributed by atoms with van der Waals surface area (Å²) in [7, 11) is -0.879. The molecule has 0 saturated carbocycles. The Morgan fingerprint density at radius 2 is 2.21 bits per heavy atom. The zero-order valence-corrected chi connectivity index (χ0v) is 13.0. The highest BCUT2D eigenvalue weighted by molar-refractivity contribution is 9.10. The van der Waals surface area contributed by atoms with Crippen LogP contribution in [0, 0.1) is 6.92 Å². The first-order chi connectivity index (χ1) is 8.99. The Labute approximate surface area is 122 Å². The number of nitrogens with two attached hydrogens (primary N) is 1. The van der Waals surface area contributed by atoms with E-state index in [0.717, 1.165) is 15.6 Å². The summed E-state index contributed by atoms with van der Waals surface area (Å²) in [6, 6.07) is 3.77. The SMILES string of the molecule is Cc1c(N)cc(Br)cc1-c1nnnn1CCS(C)=O. The van der Waals surface area contributed by atoms with Gasteiger partial charge < -0.3 is 5.73 Å². The summed E-state index contributed by atoms with van der Waals surface area (Å²) in [4.78, 5) is 0. The Balaban J connectivity index is 2.42. The number of tetrazole rings is 1. The maximum atomic E-state index is 11.2. The molecule has 2 N–H and O–H groups in total. The fourth-order valence-corrected chi connectivity index (χ4v) is 2.60. The van der Waals surface area contributed by atoms with Crippen molar-refractivity contribution in [3.63, 3.8) is 0 Å². The summed E-state index contributed by atoms with van der Waals surface area (Å²) < 4.78 is 13.7. The molecule has 8 heteroatoms. The number of rotatable bonds is 4. The van der Waals surface area contributed by atoms with Crippen LogP contribution in [0.25, 0.3) is 11.4 Å². The van der Waals surface area contributed by atoms with Crippen molar-refractivity contribution in [2.75, 3.05) is 17.7 Å². The van der Waals surface area contributed by atoms with Crippen LogP contribution in [0.1, 0.15) is 5.56 Å². The van der Waals surface area contributed by atoms with Gasteiger partial charge in [0, 0.05) is 38.5 Å². The van der Waals surface area contributed by atoms with Gasteiger partial charge in [0.1, 0.15) is 0 Å². The smallest absolute Gasteiger partial charge is 0.182 e. The van der Waals surface area contributed by atoms with Crippen molar-refractivity contribution < 1.29 is 4.21 Å². The van der Waals surface area contributed by atoms with Crippen LogP contribution in [0.15, 0.2) is 16.6 Å². The van der Waals surface area contributed by atoms with E-state index in [-0.39, 0.29) is 0 Å². The number of nitrogen functional groups attached to an aromatic ring is 1. The zero-order valence-electron chi connectivity index (χ0n) is 10.6. The van der Waals surface area contributed by atoms with Gasteiger partial charge in [-0.05, 0) is 35.0 Å². The van der Waals surface area contributed by atoms with Crippen LogP contribution in [-0.4, -0.2) is 36.4 Å². The molecule has 0 aliphatic heterocycles. The number of hydrogen-bond donors (Lipinski definition) is 1. The standard InChI is InChI=1S/C11H14BrN5OS/c1-7-9(5-8(12)6-10(7)13)11-14-15-16-17(11)3-4-19(2)18/h5-6H,3-4,13H2,1-2H3. The normalized spacial score (nSPS) is 12.6. The number of halogens is 1. The maximum Gasteiger partial charge on any atom is 0.182 e. The molecule has 0 saturated heterocycles. The second-order valence-electron chi connectivity index (χ2n) is 4.17. The molecule has 0 radical (unpaired) electrons. The van der Waals surface area contributed by atoms with Crippen molar-refractivity contribution in [3.8, 4) is 11.4 Å². The second-order valence-corrected chi connectivity index (χ2v) is 6.64. The van der Waals surface area contributed by atoms with E-state index in [1.54, 1.807) is 10.9 Å². The molecule has 1 unspecified atom stereocenters. The van der Waals surface area contributed by atoms with Crippen molar-refractivity contribution in [1.29, 1.82) is 0 Å². The Hall–Kier alpha value is -1.28. The van der Waals surface area contributed by atoms with Crippen LogP contribution in [0.3, 0.4) is 0 Å². The largest absolute Gasteiger partial charge is 0.398 e. The third kappa shape index (κ3) is 3.19. The van der Waals surface area contributed by atoms with Gasteiger partial charge in [-0.25, -0.2) is 4.68 Å². The zero-order chi connectivity index (χ0) is 14.0. The van der Waals surface area contributed by atoms with Gasteiger partial charge in [-0.1, -0.05) is 15.9 Å². The molecule has 0 spiro atoms. The van der Waals surface area contributed by atoms with Crippen LogP contribution >= 0.6 is 15.9 Å². The van der Waals surface area contributed by atoms with Crippen molar-refractivity contribution in [3.05, 3.63) is 22.2 Å².